The molecule has 3 aliphatic rings. The number of hydrogen-bond donors (Lipinski definition) is 1. The second-order valence-electron chi connectivity index (χ2n) is 8.32. The molecule has 0 aliphatic carbocycles. The molecule has 3 heterocycles. The van der Waals surface area contributed by atoms with Gasteiger partial charge < -0.3 is 19.9 Å². The van der Waals surface area contributed by atoms with Gasteiger partial charge in [0.25, 0.3) is 5.91 Å². The smallest absolute Gasteiger partial charge is 0.257 e. The largest absolute Gasteiger partial charge is 0.376 e. The molecular weight excluding hydrogens is 362 g/mol. The first-order valence-corrected chi connectivity index (χ1v) is 10.9. The van der Waals surface area contributed by atoms with Crippen molar-refractivity contribution in [2.24, 2.45) is 0 Å². The van der Waals surface area contributed by atoms with Crippen LogP contribution >= 0.6 is 0 Å². The third kappa shape index (κ3) is 3.71. The van der Waals surface area contributed by atoms with Crippen LogP contribution in [0, 0.1) is 0 Å². The highest BCUT2D eigenvalue weighted by molar-refractivity contribution is 6.01. The summed E-state index contributed by atoms with van der Waals surface area (Å²) in [6.45, 7) is 3.70. The molecule has 1 amide bonds. The van der Waals surface area contributed by atoms with E-state index in [4.69, 9.17) is 4.74 Å². The third-order valence-corrected chi connectivity index (χ3v) is 6.38. The van der Waals surface area contributed by atoms with Crippen LogP contribution in [-0.2, 0) is 4.74 Å². The second kappa shape index (κ2) is 8.07. The number of hydrogen-bond acceptors (Lipinski definition) is 4. The molecule has 2 saturated heterocycles. The van der Waals surface area contributed by atoms with Crippen LogP contribution in [-0.4, -0.2) is 43.2 Å². The van der Waals surface area contributed by atoms with E-state index in [0.29, 0.717) is 6.54 Å². The lowest BCUT2D eigenvalue weighted by atomic mass is 10.0. The molecule has 2 aromatic carbocycles. The Labute approximate surface area is 172 Å². The summed E-state index contributed by atoms with van der Waals surface area (Å²) in [6.07, 6.45) is 5.93. The molecule has 3 aliphatic heterocycles. The standard InChI is InChI=1S/C24H29N3O2/c28-24-21-8-2-3-9-22(21)25-23(27(24)17-20-7-6-16-29-20)18-10-12-19(13-11-18)26-14-4-1-5-15-26/h2-3,8-13,20,23,25H,1,4-7,14-17H2. The van der Waals surface area contributed by atoms with E-state index in [2.05, 4.69) is 34.5 Å². The molecule has 152 valence electrons. The van der Waals surface area contributed by atoms with Gasteiger partial charge >= 0.3 is 0 Å². The molecule has 0 saturated carbocycles. The molecule has 5 rings (SSSR count). The lowest BCUT2D eigenvalue weighted by Gasteiger charge is -2.39. The molecule has 5 heteroatoms. The Hall–Kier alpha value is -2.53. The summed E-state index contributed by atoms with van der Waals surface area (Å²) >= 11 is 0. The highest BCUT2D eigenvalue weighted by atomic mass is 16.5. The molecular formula is C24H29N3O2. The Bertz CT molecular complexity index is 855. The zero-order chi connectivity index (χ0) is 19.6. The number of para-hydroxylation sites is 1. The summed E-state index contributed by atoms with van der Waals surface area (Å²) in [5.41, 5.74) is 4.05. The van der Waals surface area contributed by atoms with E-state index in [0.717, 1.165) is 49.4 Å². The molecule has 2 fully saturated rings. The summed E-state index contributed by atoms with van der Waals surface area (Å²) in [4.78, 5) is 17.7. The summed E-state index contributed by atoms with van der Waals surface area (Å²) < 4.78 is 5.85. The van der Waals surface area contributed by atoms with E-state index in [9.17, 15) is 4.79 Å². The van der Waals surface area contributed by atoms with E-state index >= 15 is 0 Å². The average Bonchev–Trinajstić information content (AvgIpc) is 3.30. The Morgan fingerprint density at radius 3 is 2.52 bits per heavy atom. The summed E-state index contributed by atoms with van der Waals surface area (Å²) in [6, 6.07) is 16.6. The van der Waals surface area contributed by atoms with Gasteiger partial charge in [-0.05, 0) is 61.9 Å². The van der Waals surface area contributed by atoms with Crippen LogP contribution < -0.4 is 10.2 Å². The number of amides is 1. The summed E-state index contributed by atoms with van der Waals surface area (Å²) in [5, 5.41) is 3.60. The number of nitrogens with zero attached hydrogens (tertiary/aromatic N) is 2. The zero-order valence-corrected chi connectivity index (χ0v) is 16.8. The first-order chi connectivity index (χ1) is 14.3. The number of nitrogens with one attached hydrogen (secondary N) is 1. The molecule has 2 unspecified atom stereocenters. The van der Waals surface area contributed by atoms with E-state index in [1.54, 1.807) is 0 Å². The number of fused-ring (bicyclic) bond motifs is 1. The predicted octanol–water partition coefficient (Wildman–Crippen LogP) is 4.42. The highest BCUT2D eigenvalue weighted by Gasteiger charge is 2.35. The van der Waals surface area contributed by atoms with Gasteiger partial charge in [-0.2, -0.15) is 0 Å². The molecule has 5 nitrogen and oxygen atoms in total. The Morgan fingerprint density at radius 2 is 1.76 bits per heavy atom. The lowest BCUT2D eigenvalue weighted by Crippen LogP contribution is -2.46. The second-order valence-corrected chi connectivity index (χ2v) is 8.32. The minimum atomic E-state index is -0.169. The van der Waals surface area contributed by atoms with Gasteiger partial charge in [0.1, 0.15) is 6.17 Å². The highest BCUT2D eigenvalue weighted by Crippen LogP contribution is 2.35. The molecule has 2 atom stereocenters. The summed E-state index contributed by atoms with van der Waals surface area (Å²) in [7, 11) is 0. The van der Waals surface area contributed by atoms with Gasteiger partial charge in [0.15, 0.2) is 0 Å². The van der Waals surface area contributed by atoms with Crippen LogP contribution in [0.1, 0.15) is 54.2 Å². The third-order valence-electron chi connectivity index (χ3n) is 6.38. The minimum absolute atomic E-state index is 0.0833. The van der Waals surface area contributed by atoms with Crippen molar-refractivity contribution in [3.8, 4) is 0 Å². The first-order valence-electron chi connectivity index (χ1n) is 10.9. The van der Waals surface area contributed by atoms with Crippen molar-refractivity contribution in [3.63, 3.8) is 0 Å². The molecule has 1 N–H and O–H groups in total. The molecule has 0 radical (unpaired) electrons. The van der Waals surface area contributed by atoms with E-state index in [-0.39, 0.29) is 18.2 Å². The monoisotopic (exact) mass is 391 g/mol. The Balaban J connectivity index is 1.43. The Morgan fingerprint density at radius 1 is 0.966 bits per heavy atom. The van der Waals surface area contributed by atoms with Crippen molar-refractivity contribution in [2.75, 3.05) is 36.5 Å². The van der Waals surface area contributed by atoms with Crippen molar-refractivity contribution >= 4 is 17.3 Å². The number of piperidine rings is 1. The van der Waals surface area contributed by atoms with Gasteiger partial charge in [0, 0.05) is 37.6 Å². The SMILES string of the molecule is O=C1c2ccccc2NC(c2ccc(N3CCCCC3)cc2)N1CC1CCCO1. The Kier molecular flexibility index (Phi) is 5.15. The maximum atomic E-state index is 13.3. The fourth-order valence-corrected chi connectivity index (χ4v) is 4.77. The van der Waals surface area contributed by atoms with Crippen molar-refractivity contribution < 1.29 is 9.53 Å². The summed E-state index contributed by atoms with van der Waals surface area (Å²) in [5.74, 6) is 0.0833. The van der Waals surface area contributed by atoms with E-state index < -0.39 is 0 Å². The van der Waals surface area contributed by atoms with Crippen LogP contribution in [0.2, 0.25) is 0 Å². The fraction of sp³-hybridized carbons (Fsp3) is 0.458. The zero-order valence-electron chi connectivity index (χ0n) is 16.8. The van der Waals surface area contributed by atoms with Gasteiger partial charge in [-0.3, -0.25) is 4.79 Å². The average molecular weight is 392 g/mol. The fourth-order valence-electron chi connectivity index (χ4n) is 4.77. The van der Waals surface area contributed by atoms with Gasteiger partial charge in [-0.15, -0.1) is 0 Å². The number of carbonyl (C=O) groups is 1. The van der Waals surface area contributed by atoms with Gasteiger partial charge in [-0.1, -0.05) is 24.3 Å². The van der Waals surface area contributed by atoms with Crippen LogP contribution in [0.25, 0.3) is 0 Å². The molecule has 29 heavy (non-hydrogen) atoms. The number of anilines is 2. The number of rotatable bonds is 4. The maximum absolute atomic E-state index is 13.3. The van der Waals surface area contributed by atoms with Gasteiger partial charge in [-0.25, -0.2) is 0 Å². The molecule has 2 aromatic rings. The molecule has 0 aromatic heterocycles. The van der Waals surface area contributed by atoms with Crippen molar-refractivity contribution in [1.82, 2.24) is 4.90 Å². The van der Waals surface area contributed by atoms with Crippen LogP contribution in [0.15, 0.2) is 48.5 Å². The number of carbonyl (C=O) groups excluding carboxylic acids is 1. The topological polar surface area (TPSA) is 44.8 Å². The first kappa shape index (κ1) is 18.5. The molecule has 0 bridgehead atoms. The van der Waals surface area contributed by atoms with E-state index in [1.165, 1.54) is 24.9 Å². The normalized spacial score (nSPS) is 24.3. The van der Waals surface area contributed by atoms with Crippen molar-refractivity contribution in [1.29, 1.82) is 0 Å². The lowest BCUT2D eigenvalue weighted by molar-refractivity contribution is 0.0427. The minimum Gasteiger partial charge on any atom is -0.376 e. The van der Waals surface area contributed by atoms with Gasteiger partial charge in [0.2, 0.25) is 0 Å². The van der Waals surface area contributed by atoms with Crippen LogP contribution in [0.3, 0.4) is 0 Å². The van der Waals surface area contributed by atoms with Crippen molar-refractivity contribution in [3.05, 3.63) is 59.7 Å². The van der Waals surface area contributed by atoms with Crippen molar-refractivity contribution in [2.45, 2.75) is 44.4 Å². The van der Waals surface area contributed by atoms with E-state index in [1.807, 2.05) is 29.2 Å². The molecule has 0 spiro atoms. The quantitative estimate of drug-likeness (QED) is 0.838. The van der Waals surface area contributed by atoms with Crippen LogP contribution in [0.5, 0.6) is 0 Å². The van der Waals surface area contributed by atoms with Crippen LogP contribution in [0.4, 0.5) is 11.4 Å². The number of benzene rings is 2. The number of ether oxygens (including phenoxy) is 1. The maximum Gasteiger partial charge on any atom is 0.257 e. The predicted molar refractivity (Wildman–Crippen MR) is 115 cm³/mol. The van der Waals surface area contributed by atoms with Gasteiger partial charge in [0.05, 0.1) is 11.7 Å².